The van der Waals surface area contributed by atoms with Crippen LogP contribution in [0.2, 0.25) is 0 Å². The van der Waals surface area contributed by atoms with Crippen molar-refractivity contribution in [3.63, 3.8) is 0 Å². The molecule has 0 saturated heterocycles. The molecule has 0 aromatic heterocycles. The highest BCUT2D eigenvalue weighted by Crippen LogP contribution is 2.41. The zero-order valence-electron chi connectivity index (χ0n) is 15.6. The highest BCUT2D eigenvalue weighted by molar-refractivity contribution is 9.10. The van der Waals surface area contributed by atoms with Crippen LogP contribution in [0.1, 0.15) is 23.1 Å². The molecule has 0 bridgehead atoms. The number of hydrazone groups is 1. The van der Waals surface area contributed by atoms with Gasteiger partial charge in [0.25, 0.3) is 11.6 Å². The molecule has 1 aliphatic rings. The van der Waals surface area contributed by atoms with Crippen LogP contribution in [0, 0.1) is 13.8 Å². The second-order valence-corrected chi connectivity index (χ2v) is 7.78. The second-order valence-electron chi connectivity index (χ2n) is 6.86. The Labute approximate surface area is 173 Å². The third kappa shape index (κ3) is 4.45. The van der Waals surface area contributed by atoms with Gasteiger partial charge in [0.1, 0.15) is 5.75 Å². The van der Waals surface area contributed by atoms with Crippen LogP contribution in [0.25, 0.3) is 0 Å². The second kappa shape index (κ2) is 7.79. The predicted molar refractivity (Wildman–Crippen MR) is 105 cm³/mol. The van der Waals surface area contributed by atoms with Crippen molar-refractivity contribution in [3.8, 4) is 5.75 Å². The minimum Gasteiger partial charge on any atom is -0.484 e. The maximum absolute atomic E-state index is 13.6. The van der Waals surface area contributed by atoms with E-state index in [2.05, 4.69) is 21.0 Å². The van der Waals surface area contributed by atoms with E-state index in [0.29, 0.717) is 11.3 Å². The van der Waals surface area contributed by atoms with Crippen molar-refractivity contribution in [1.29, 1.82) is 0 Å². The average Bonchev–Trinajstić information content (AvgIpc) is 2.98. The van der Waals surface area contributed by atoms with E-state index in [1.165, 1.54) is 0 Å². The number of amides is 1. The molecule has 0 spiro atoms. The smallest absolute Gasteiger partial charge is 0.438 e. The lowest BCUT2D eigenvalue weighted by atomic mass is 10.0. The number of halogens is 4. The lowest BCUT2D eigenvalue weighted by Crippen LogP contribution is -2.57. The standard InChI is InChI=1S/C20H18BrF3N2O3/c1-12-7-13(2)9-16(8-12)29-11-18(27)26-19(28,20(22,23)24)10-17(25-26)14-3-5-15(21)6-4-14/h3-9,28H,10-11H2,1-2H3. The molecule has 9 heteroatoms. The van der Waals surface area contributed by atoms with E-state index in [0.717, 1.165) is 15.6 Å². The Kier molecular flexibility index (Phi) is 5.73. The maximum atomic E-state index is 13.6. The minimum absolute atomic E-state index is 0.0444. The van der Waals surface area contributed by atoms with Crippen molar-refractivity contribution in [2.45, 2.75) is 32.2 Å². The number of aliphatic hydroxyl groups is 1. The van der Waals surface area contributed by atoms with Crippen LogP contribution < -0.4 is 4.74 Å². The Morgan fingerprint density at radius 2 is 1.79 bits per heavy atom. The summed E-state index contributed by atoms with van der Waals surface area (Å²) in [4.78, 5) is 12.5. The summed E-state index contributed by atoms with van der Waals surface area (Å²) in [5, 5.41) is 14.2. The molecule has 1 N–H and O–H groups in total. The summed E-state index contributed by atoms with van der Waals surface area (Å²) in [5.74, 6) is -0.751. The van der Waals surface area contributed by atoms with Gasteiger partial charge >= 0.3 is 6.18 Å². The van der Waals surface area contributed by atoms with Crippen LogP contribution in [0.4, 0.5) is 13.2 Å². The third-order valence-electron chi connectivity index (χ3n) is 4.41. The molecular weight excluding hydrogens is 453 g/mol. The summed E-state index contributed by atoms with van der Waals surface area (Å²) >= 11 is 3.25. The van der Waals surface area contributed by atoms with E-state index in [1.807, 2.05) is 19.9 Å². The normalized spacial score (nSPS) is 19.3. The van der Waals surface area contributed by atoms with Gasteiger partial charge in [-0.2, -0.15) is 23.3 Å². The zero-order valence-corrected chi connectivity index (χ0v) is 17.2. The molecule has 1 atom stereocenters. The van der Waals surface area contributed by atoms with Gasteiger partial charge in [-0.3, -0.25) is 4.79 Å². The Hall–Kier alpha value is -2.39. The summed E-state index contributed by atoms with van der Waals surface area (Å²) < 4.78 is 46.9. The molecule has 2 aromatic rings. The first-order valence-corrected chi connectivity index (χ1v) is 9.45. The maximum Gasteiger partial charge on any atom is 0.438 e. The number of alkyl halides is 3. The molecule has 1 aliphatic heterocycles. The minimum atomic E-state index is -5.09. The van der Waals surface area contributed by atoms with Crippen molar-refractivity contribution < 1.29 is 27.8 Å². The van der Waals surface area contributed by atoms with Gasteiger partial charge < -0.3 is 9.84 Å². The fourth-order valence-electron chi connectivity index (χ4n) is 3.05. The van der Waals surface area contributed by atoms with Gasteiger partial charge in [-0.15, -0.1) is 0 Å². The van der Waals surface area contributed by atoms with Gasteiger partial charge in [-0.25, -0.2) is 0 Å². The van der Waals surface area contributed by atoms with E-state index in [9.17, 15) is 23.1 Å². The average molecular weight is 471 g/mol. The van der Waals surface area contributed by atoms with Gasteiger partial charge in [0.15, 0.2) is 6.61 Å². The first-order valence-electron chi connectivity index (χ1n) is 8.66. The molecule has 3 rings (SSSR count). The van der Waals surface area contributed by atoms with Crippen LogP contribution in [0.5, 0.6) is 5.75 Å². The van der Waals surface area contributed by atoms with E-state index in [-0.39, 0.29) is 10.7 Å². The van der Waals surface area contributed by atoms with Crippen LogP contribution in [0.3, 0.4) is 0 Å². The Morgan fingerprint density at radius 1 is 1.21 bits per heavy atom. The first kappa shape index (κ1) is 21.3. The number of hydrogen-bond acceptors (Lipinski definition) is 4. The fraction of sp³-hybridized carbons (Fsp3) is 0.300. The highest BCUT2D eigenvalue weighted by Gasteiger charge is 2.63. The van der Waals surface area contributed by atoms with Crippen molar-refractivity contribution in [3.05, 3.63) is 63.6 Å². The molecular formula is C20H18BrF3N2O3. The largest absolute Gasteiger partial charge is 0.484 e. The van der Waals surface area contributed by atoms with Crippen molar-refractivity contribution in [2.24, 2.45) is 5.10 Å². The zero-order chi connectivity index (χ0) is 21.4. The third-order valence-corrected chi connectivity index (χ3v) is 4.94. The van der Waals surface area contributed by atoms with E-state index < -0.39 is 30.8 Å². The molecule has 5 nitrogen and oxygen atoms in total. The Bertz CT molecular complexity index is 940. The quantitative estimate of drug-likeness (QED) is 0.723. The summed E-state index contributed by atoms with van der Waals surface area (Å²) in [6, 6.07) is 11.6. The lowest BCUT2D eigenvalue weighted by Gasteiger charge is -2.32. The number of carbonyl (C=O) groups is 1. The van der Waals surface area contributed by atoms with E-state index in [4.69, 9.17) is 4.74 Å². The van der Waals surface area contributed by atoms with Gasteiger partial charge in [-0.05, 0) is 54.8 Å². The lowest BCUT2D eigenvalue weighted by molar-refractivity contribution is -0.302. The predicted octanol–water partition coefficient (Wildman–Crippen LogP) is 4.33. The summed E-state index contributed by atoms with van der Waals surface area (Å²) in [7, 11) is 0. The number of aryl methyl sites for hydroxylation is 2. The Balaban J connectivity index is 1.85. The number of rotatable bonds is 4. The van der Waals surface area contributed by atoms with Gasteiger partial charge in [0.2, 0.25) is 0 Å². The SMILES string of the molecule is Cc1cc(C)cc(OCC(=O)N2N=C(c3ccc(Br)cc3)CC2(O)C(F)(F)F)c1. The number of hydrogen-bond donors (Lipinski definition) is 1. The van der Waals surface area contributed by atoms with Crippen LogP contribution in [-0.2, 0) is 4.79 Å². The van der Waals surface area contributed by atoms with Crippen LogP contribution >= 0.6 is 15.9 Å². The summed E-state index contributed by atoms with van der Waals surface area (Å²) in [6.07, 6.45) is -5.96. The number of carbonyl (C=O) groups excluding carboxylic acids is 1. The molecule has 2 aromatic carbocycles. The number of nitrogens with zero attached hydrogens (tertiary/aromatic N) is 2. The Morgan fingerprint density at radius 3 is 2.34 bits per heavy atom. The fourth-order valence-corrected chi connectivity index (χ4v) is 3.32. The van der Waals surface area contributed by atoms with Gasteiger partial charge in [0.05, 0.1) is 12.1 Å². The molecule has 154 valence electrons. The topological polar surface area (TPSA) is 62.1 Å². The van der Waals surface area contributed by atoms with Gasteiger partial charge in [0, 0.05) is 4.47 Å². The molecule has 0 aliphatic carbocycles. The van der Waals surface area contributed by atoms with Crippen LogP contribution in [-0.4, -0.2) is 40.2 Å². The van der Waals surface area contributed by atoms with E-state index >= 15 is 0 Å². The van der Waals surface area contributed by atoms with Crippen molar-refractivity contribution in [2.75, 3.05) is 6.61 Å². The van der Waals surface area contributed by atoms with Crippen LogP contribution in [0.15, 0.2) is 52.0 Å². The summed E-state index contributed by atoms with van der Waals surface area (Å²) in [6.45, 7) is 2.97. The van der Waals surface area contributed by atoms with E-state index in [1.54, 1.807) is 36.4 Å². The van der Waals surface area contributed by atoms with Crippen molar-refractivity contribution in [1.82, 2.24) is 5.01 Å². The molecule has 1 unspecified atom stereocenters. The van der Waals surface area contributed by atoms with Gasteiger partial charge in [-0.1, -0.05) is 34.1 Å². The molecule has 0 fully saturated rings. The summed E-state index contributed by atoms with van der Waals surface area (Å²) in [5.41, 5.74) is -1.33. The molecule has 0 radical (unpaired) electrons. The first-order chi connectivity index (χ1) is 13.5. The molecule has 1 amide bonds. The van der Waals surface area contributed by atoms with Crippen molar-refractivity contribution >= 4 is 27.5 Å². The molecule has 0 saturated carbocycles. The molecule has 1 heterocycles. The number of benzene rings is 2. The highest BCUT2D eigenvalue weighted by atomic mass is 79.9. The number of ether oxygens (including phenoxy) is 1. The monoisotopic (exact) mass is 470 g/mol. The molecule has 29 heavy (non-hydrogen) atoms.